The summed E-state index contributed by atoms with van der Waals surface area (Å²) in [6.07, 6.45) is 0. The standard InChI is InChI=1S/C19H19N3O5/c1-26-9-8-20-19(25)22-17(23)11-27-18(24)16-10-14-13-5-3-2-4-12(13)6-7-15(14)21-16/h2-7,10,21H,8-9,11H2,1H3,(H2,20,22,23,25). The van der Waals surface area contributed by atoms with E-state index in [1.807, 2.05) is 36.4 Å². The summed E-state index contributed by atoms with van der Waals surface area (Å²) in [6, 6.07) is 12.7. The van der Waals surface area contributed by atoms with E-state index >= 15 is 0 Å². The molecular formula is C19H19N3O5. The number of urea groups is 1. The zero-order valence-corrected chi connectivity index (χ0v) is 14.7. The van der Waals surface area contributed by atoms with Gasteiger partial charge in [0.05, 0.1) is 6.61 Å². The highest BCUT2D eigenvalue weighted by molar-refractivity contribution is 6.09. The lowest BCUT2D eigenvalue weighted by Gasteiger charge is -2.06. The van der Waals surface area contributed by atoms with Crippen molar-refractivity contribution in [1.82, 2.24) is 15.6 Å². The van der Waals surface area contributed by atoms with Gasteiger partial charge in [-0.05, 0) is 22.9 Å². The number of hydrogen-bond acceptors (Lipinski definition) is 5. The Kier molecular flexibility index (Phi) is 5.68. The molecule has 8 nitrogen and oxygen atoms in total. The average Bonchev–Trinajstić information content (AvgIpc) is 3.11. The summed E-state index contributed by atoms with van der Waals surface area (Å²) in [7, 11) is 1.50. The molecule has 0 aliphatic heterocycles. The van der Waals surface area contributed by atoms with E-state index in [4.69, 9.17) is 9.47 Å². The fourth-order valence-electron chi connectivity index (χ4n) is 2.68. The van der Waals surface area contributed by atoms with Crippen LogP contribution in [0.2, 0.25) is 0 Å². The highest BCUT2D eigenvalue weighted by Crippen LogP contribution is 2.26. The first kappa shape index (κ1) is 18.4. The van der Waals surface area contributed by atoms with Crippen LogP contribution < -0.4 is 10.6 Å². The maximum atomic E-state index is 12.2. The van der Waals surface area contributed by atoms with Crippen molar-refractivity contribution in [3.05, 3.63) is 48.2 Å². The van der Waals surface area contributed by atoms with Crippen molar-refractivity contribution in [2.24, 2.45) is 0 Å². The van der Waals surface area contributed by atoms with Crippen LogP contribution in [-0.2, 0) is 14.3 Å². The topological polar surface area (TPSA) is 110 Å². The van der Waals surface area contributed by atoms with E-state index in [9.17, 15) is 14.4 Å². The van der Waals surface area contributed by atoms with Crippen LogP contribution in [0.3, 0.4) is 0 Å². The van der Waals surface area contributed by atoms with Crippen molar-refractivity contribution < 1.29 is 23.9 Å². The number of imide groups is 1. The number of nitrogens with one attached hydrogen (secondary N) is 3. The normalized spacial score (nSPS) is 10.7. The summed E-state index contributed by atoms with van der Waals surface area (Å²) >= 11 is 0. The second kappa shape index (κ2) is 8.33. The molecule has 0 atom stereocenters. The van der Waals surface area contributed by atoms with Gasteiger partial charge in [0.15, 0.2) is 6.61 Å². The van der Waals surface area contributed by atoms with Gasteiger partial charge >= 0.3 is 12.0 Å². The second-order valence-electron chi connectivity index (χ2n) is 5.80. The Morgan fingerprint density at radius 2 is 1.89 bits per heavy atom. The SMILES string of the molecule is COCCNC(=O)NC(=O)COC(=O)c1cc2c(ccc3ccccc32)[nH]1. The van der Waals surface area contributed by atoms with Crippen LogP contribution in [0.5, 0.6) is 0 Å². The molecule has 0 unspecified atom stereocenters. The number of benzene rings is 2. The second-order valence-corrected chi connectivity index (χ2v) is 5.80. The number of hydrogen-bond donors (Lipinski definition) is 3. The number of fused-ring (bicyclic) bond motifs is 3. The predicted octanol–water partition coefficient (Wildman–Crippen LogP) is 1.95. The molecule has 27 heavy (non-hydrogen) atoms. The van der Waals surface area contributed by atoms with Crippen LogP contribution in [-0.4, -0.2) is 49.8 Å². The monoisotopic (exact) mass is 369 g/mol. The Labute approximate surface area is 154 Å². The number of amides is 3. The average molecular weight is 369 g/mol. The highest BCUT2D eigenvalue weighted by Gasteiger charge is 2.15. The van der Waals surface area contributed by atoms with Crippen molar-refractivity contribution in [2.45, 2.75) is 0 Å². The minimum atomic E-state index is -0.722. The molecule has 1 aromatic heterocycles. The molecule has 3 amide bonds. The third-order valence-electron chi connectivity index (χ3n) is 3.93. The summed E-state index contributed by atoms with van der Waals surface area (Å²) in [4.78, 5) is 38.3. The van der Waals surface area contributed by atoms with Crippen molar-refractivity contribution in [3.8, 4) is 0 Å². The molecule has 2 aromatic carbocycles. The maximum Gasteiger partial charge on any atom is 0.355 e. The van der Waals surface area contributed by atoms with Gasteiger partial charge in [-0.1, -0.05) is 30.3 Å². The molecule has 3 rings (SSSR count). The van der Waals surface area contributed by atoms with E-state index < -0.39 is 24.5 Å². The molecule has 0 saturated carbocycles. The van der Waals surface area contributed by atoms with Crippen LogP contribution in [0.25, 0.3) is 21.7 Å². The first-order chi connectivity index (χ1) is 13.1. The van der Waals surface area contributed by atoms with Gasteiger partial charge in [-0.15, -0.1) is 0 Å². The largest absolute Gasteiger partial charge is 0.451 e. The van der Waals surface area contributed by atoms with Crippen LogP contribution in [0, 0.1) is 0 Å². The van der Waals surface area contributed by atoms with Crippen molar-refractivity contribution in [2.75, 3.05) is 26.9 Å². The minimum absolute atomic E-state index is 0.235. The third kappa shape index (κ3) is 4.42. The number of esters is 1. The molecule has 0 spiro atoms. The maximum absolute atomic E-state index is 12.2. The summed E-state index contributed by atoms with van der Waals surface area (Å²) in [5.41, 5.74) is 1.03. The smallest absolute Gasteiger partial charge is 0.355 e. The van der Waals surface area contributed by atoms with Crippen LogP contribution in [0.1, 0.15) is 10.5 Å². The van der Waals surface area contributed by atoms with Crippen LogP contribution in [0.4, 0.5) is 4.79 Å². The lowest BCUT2D eigenvalue weighted by Crippen LogP contribution is -2.42. The molecule has 0 fully saturated rings. The predicted molar refractivity (Wildman–Crippen MR) is 99.5 cm³/mol. The van der Waals surface area contributed by atoms with E-state index in [-0.39, 0.29) is 12.2 Å². The van der Waals surface area contributed by atoms with Crippen molar-refractivity contribution in [3.63, 3.8) is 0 Å². The number of carbonyl (C=O) groups is 3. The number of ether oxygens (including phenoxy) is 2. The zero-order valence-electron chi connectivity index (χ0n) is 14.7. The number of H-pyrrole nitrogens is 1. The molecule has 1 heterocycles. The summed E-state index contributed by atoms with van der Waals surface area (Å²) < 4.78 is 9.75. The van der Waals surface area contributed by atoms with Gasteiger partial charge in [-0.2, -0.15) is 0 Å². The molecule has 0 bridgehead atoms. The number of aromatic amines is 1. The highest BCUT2D eigenvalue weighted by atomic mass is 16.5. The van der Waals surface area contributed by atoms with E-state index in [0.717, 1.165) is 21.7 Å². The lowest BCUT2D eigenvalue weighted by atomic mass is 10.1. The fraction of sp³-hybridized carbons (Fsp3) is 0.211. The molecule has 3 aromatic rings. The summed E-state index contributed by atoms with van der Waals surface area (Å²) in [5, 5.41) is 7.45. The van der Waals surface area contributed by atoms with Gasteiger partial charge in [0.1, 0.15) is 5.69 Å². The Morgan fingerprint density at radius 1 is 1.07 bits per heavy atom. The van der Waals surface area contributed by atoms with E-state index in [1.54, 1.807) is 6.07 Å². The Balaban J connectivity index is 1.60. The first-order valence-corrected chi connectivity index (χ1v) is 8.32. The quantitative estimate of drug-likeness (QED) is 0.454. The number of carbonyl (C=O) groups excluding carboxylic acids is 3. The van der Waals surface area contributed by atoms with Crippen molar-refractivity contribution >= 4 is 39.6 Å². The zero-order chi connectivity index (χ0) is 19.2. The van der Waals surface area contributed by atoms with Gasteiger partial charge in [-0.3, -0.25) is 10.1 Å². The molecule has 3 N–H and O–H groups in total. The van der Waals surface area contributed by atoms with Crippen LogP contribution >= 0.6 is 0 Å². The molecule has 140 valence electrons. The molecule has 0 aliphatic rings. The lowest BCUT2D eigenvalue weighted by molar-refractivity contribution is -0.123. The Bertz CT molecular complexity index is 995. The Morgan fingerprint density at radius 3 is 2.70 bits per heavy atom. The molecule has 0 aliphatic carbocycles. The first-order valence-electron chi connectivity index (χ1n) is 8.32. The summed E-state index contributed by atoms with van der Waals surface area (Å²) in [6.45, 7) is 0.0245. The molecule has 0 saturated heterocycles. The number of methoxy groups -OCH3 is 1. The van der Waals surface area contributed by atoms with E-state index in [2.05, 4.69) is 15.6 Å². The van der Waals surface area contributed by atoms with E-state index in [1.165, 1.54) is 7.11 Å². The molecular weight excluding hydrogens is 350 g/mol. The Hall–Kier alpha value is -3.39. The van der Waals surface area contributed by atoms with Crippen LogP contribution in [0.15, 0.2) is 42.5 Å². The fourth-order valence-corrected chi connectivity index (χ4v) is 2.68. The van der Waals surface area contributed by atoms with Gasteiger partial charge in [0.25, 0.3) is 5.91 Å². The third-order valence-corrected chi connectivity index (χ3v) is 3.93. The summed E-state index contributed by atoms with van der Waals surface area (Å²) in [5.74, 6) is -1.40. The van der Waals surface area contributed by atoms with Gasteiger partial charge < -0.3 is 19.8 Å². The molecule has 0 radical (unpaired) electrons. The van der Waals surface area contributed by atoms with Crippen molar-refractivity contribution in [1.29, 1.82) is 0 Å². The number of rotatable bonds is 6. The molecule has 8 heteroatoms. The van der Waals surface area contributed by atoms with E-state index in [0.29, 0.717) is 6.61 Å². The van der Waals surface area contributed by atoms with Gasteiger partial charge in [0.2, 0.25) is 0 Å². The minimum Gasteiger partial charge on any atom is -0.451 e. The number of aromatic nitrogens is 1. The van der Waals surface area contributed by atoms with Gasteiger partial charge in [0, 0.05) is 24.6 Å². The van der Waals surface area contributed by atoms with Gasteiger partial charge in [-0.25, -0.2) is 9.59 Å².